The summed E-state index contributed by atoms with van der Waals surface area (Å²) in [6, 6.07) is 13.8. The highest BCUT2D eigenvalue weighted by atomic mass is 16.2. The zero-order chi connectivity index (χ0) is 24.6. The topological polar surface area (TPSA) is 86.9 Å². The van der Waals surface area contributed by atoms with Crippen molar-refractivity contribution in [3.8, 4) is 11.4 Å². The number of nitrogens with one attached hydrogen (secondary N) is 3. The second-order valence-corrected chi connectivity index (χ2v) is 11.3. The Balaban J connectivity index is 1.13. The Morgan fingerprint density at radius 3 is 2.44 bits per heavy atom. The maximum atomic E-state index is 12.9. The van der Waals surface area contributed by atoms with E-state index in [-0.39, 0.29) is 17.7 Å². The molecule has 3 aromatic rings. The van der Waals surface area contributed by atoms with E-state index in [9.17, 15) is 9.59 Å². The van der Waals surface area contributed by atoms with Gasteiger partial charge in [0.15, 0.2) is 0 Å². The van der Waals surface area contributed by atoms with Crippen molar-refractivity contribution in [1.82, 2.24) is 15.3 Å². The number of hydrogen-bond acceptors (Lipinski definition) is 3. The number of carbonyl (C=O) groups excluding carboxylic acids is 2. The van der Waals surface area contributed by atoms with E-state index in [1.54, 1.807) is 0 Å². The van der Waals surface area contributed by atoms with Crippen molar-refractivity contribution in [1.29, 1.82) is 0 Å². The van der Waals surface area contributed by atoms with Crippen molar-refractivity contribution >= 4 is 28.5 Å². The molecule has 7 rings (SSSR count). The number of rotatable bonds is 5. The number of aromatic nitrogens is 2. The van der Waals surface area contributed by atoms with Gasteiger partial charge in [0.25, 0.3) is 5.91 Å². The highest BCUT2D eigenvalue weighted by Crippen LogP contribution is 2.41. The van der Waals surface area contributed by atoms with Crippen LogP contribution >= 0.6 is 0 Å². The molecule has 2 amide bonds. The summed E-state index contributed by atoms with van der Waals surface area (Å²) in [5.74, 6) is 2.87. The fourth-order valence-electron chi connectivity index (χ4n) is 6.75. The summed E-state index contributed by atoms with van der Waals surface area (Å²) in [7, 11) is 0. The molecule has 4 aliphatic carbocycles. The Labute approximate surface area is 212 Å². The van der Waals surface area contributed by atoms with Crippen LogP contribution in [-0.2, 0) is 4.79 Å². The minimum absolute atomic E-state index is 0.0244. The van der Waals surface area contributed by atoms with Crippen LogP contribution in [0.15, 0.2) is 42.5 Å². The van der Waals surface area contributed by atoms with Crippen LogP contribution in [0.3, 0.4) is 0 Å². The summed E-state index contributed by atoms with van der Waals surface area (Å²) >= 11 is 0. The first-order valence-electron chi connectivity index (χ1n) is 13.8. The van der Waals surface area contributed by atoms with Gasteiger partial charge in [0.1, 0.15) is 5.82 Å². The van der Waals surface area contributed by atoms with Crippen molar-refractivity contribution in [2.75, 3.05) is 5.32 Å². The van der Waals surface area contributed by atoms with Crippen molar-refractivity contribution in [2.45, 2.75) is 70.8 Å². The molecule has 1 heterocycles. The Morgan fingerprint density at radius 1 is 0.944 bits per heavy atom. The number of imidazole rings is 1. The number of H-pyrrole nitrogens is 1. The van der Waals surface area contributed by atoms with Crippen molar-refractivity contribution in [3.63, 3.8) is 0 Å². The van der Waals surface area contributed by atoms with Gasteiger partial charge in [-0.15, -0.1) is 0 Å². The van der Waals surface area contributed by atoms with E-state index in [0.29, 0.717) is 23.4 Å². The third-order valence-electron chi connectivity index (χ3n) is 8.98. The first-order valence-corrected chi connectivity index (χ1v) is 13.8. The summed E-state index contributed by atoms with van der Waals surface area (Å²) < 4.78 is 0. The van der Waals surface area contributed by atoms with Crippen molar-refractivity contribution in [3.05, 3.63) is 48.0 Å². The number of nitrogens with zero attached hydrogens (tertiary/aromatic N) is 1. The smallest absolute Gasteiger partial charge is 0.251 e. The van der Waals surface area contributed by atoms with Gasteiger partial charge in [-0.05, 0) is 80.2 Å². The molecule has 0 radical (unpaired) electrons. The van der Waals surface area contributed by atoms with E-state index in [2.05, 4.69) is 22.5 Å². The van der Waals surface area contributed by atoms with Gasteiger partial charge in [-0.25, -0.2) is 4.98 Å². The molecule has 188 valence electrons. The van der Waals surface area contributed by atoms with Gasteiger partial charge < -0.3 is 15.6 Å². The Morgan fingerprint density at radius 2 is 1.72 bits per heavy atom. The van der Waals surface area contributed by atoms with E-state index in [1.807, 2.05) is 42.5 Å². The molecule has 2 aromatic carbocycles. The van der Waals surface area contributed by atoms with E-state index in [1.165, 1.54) is 32.1 Å². The lowest BCUT2D eigenvalue weighted by Crippen LogP contribution is -2.47. The van der Waals surface area contributed by atoms with Crippen molar-refractivity contribution in [2.24, 2.45) is 23.7 Å². The minimum atomic E-state index is 0.0244. The average Bonchev–Trinajstić information content (AvgIpc) is 3.33. The molecule has 4 aliphatic rings. The molecule has 3 N–H and O–H groups in total. The molecule has 0 saturated heterocycles. The molecule has 3 atom stereocenters. The Bertz CT molecular complexity index is 1260. The molecule has 1 aromatic heterocycles. The fourth-order valence-corrected chi connectivity index (χ4v) is 6.75. The molecule has 4 fully saturated rings. The standard InChI is InChI=1S/C30H36N4O2/c1-18-4-2-3-5-24(18)30(36)31-23-14-15-25-27(17-23)33-28(32-25)21-10-12-22(13-11-21)29(35)34-26-16-19-6-8-20(26)9-7-19/h10-15,17-20,24,26H,2-9,16H2,1H3,(H,31,36)(H,32,33)(H,34,35). The van der Waals surface area contributed by atoms with E-state index in [4.69, 9.17) is 4.98 Å². The van der Waals surface area contributed by atoms with Crippen LogP contribution in [0, 0.1) is 23.7 Å². The van der Waals surface area contributed by atoms with Crippen molar-refractivity contribution < 1.29 is 9.59 Å². The quantitative estimate of drug-likeness (QED) is 0.397. The van der Waals surface area contributed by atoms with Gasteiger partial charge >= 0.3 is 0 Å². The number of carbonyl (C=O) groups is 2. The average molecular weight is 485 g/mol. The van der Waals surface area contributed by atoms with Crippen LogP contribution in [-0.4, -0.2) is 27.8 Å². The molecule has 36 heavy (non-hydrogen) atoms. The molecule has 0 spiro atoms. The zero-order valence-electron chi connectivity index (χ0n) is 21.1. The molecular weight excluding hydrogens is 448 g/mol. The normalized spacial score (nSPS) is 27.6. The lowest BCUT2D eigenvalue weighted by Gasteiger charge is -2.42. The summed E-state index contributed by atoms with van der Waals surface area (Å²) in [6.07, 6.45) is 10.8. The Kier molecular flexibility index (Phi) is 6.28. The fraction of sp³-hybridized carbons (Fsp3) is 0.500. The van der Waals surface area contributed by atoms with E-state index in [0.717, 1.165) is 59.7 Å². The van der Waals surface area contributed by atoms with Gasteiger partial charge in [0.2, 0.25) is 5.91 Å². The number of amides is 2. The lowest BCUT2D eigenvalue weighted by atomic mass is 9.68. The largest absolute Gasteiger partial charge is 0.349 e. The first-order chi connectivity index (χ1) is 17.5. The molecule has 6 heteroatoms. The second-order valence-electron chi connectivity index (χ2n) is 11.3. The van der Waals surface area contributed by atoms with Gasteiger partial charge in [-0.2, -0.15) is 0 Å². The van der Waals surface area contributed by atoms with Crippen LogP contribution in [0.2, 0.25) is 0 Å². The number of fused-ring (bicyclic) bond motifs is 4. The highest BCUT2D eigenvalue weighted by Gasteiger charge is 2.36. The second kappa shape index (κ2) is 9.72. The molecule has 0 aliphatic heterocycles. The summed E-state index contributed by atoms with van der Waals surface area (Å²) in [6.45, 7) is 2.18. The summed E-state index contributed by atoms with van der Waals surface area (Å²) in [5.41, 5.74) is 4.15. The summed E-state index contributed by atoms with van der Waals surface area (Å²) in [4.78, 5) is 33.8. The number of anilines is 1. The number of benzene rings is 2. The predicted octanol–water partition coefficient (Wildman–Crippen LogP) is 6.30. The molecule has 3 unspecified atom stereocenters. The molecular formula is C30H36N4O2. The minimum Gasteiger partial charge on any atom is -0.349 e. The number of aromatic amines is 1. The van der Waals surface area contributed by atoms with Crippen LogP contribution in [0.4, 0.5) is 5.69 Å². The Hall–Kier alpha value is -3.15. The maximum absolute atomic E-state index is 12.9. The zero-order valence-corrected chi connectivity index (χ0v) is 21.1. The monoisotopic (exact) mass is 484 g/mol. The van der Waals surface area contributed by atoms with Gasteiger partial charge in [-0.1, -0.05) is 44.7 Å². The molecule has 2 bridgehead atoms. The highest BCUT2D eigenvalue weighted by molar-refractivity contribution is 5.96. The lowest BCUT2D eigenvalue weighted by molar-refractivity contribution is -0.122. The van der Waals surface area contributed by atoms with Crippen LogP contribution < -0.4 is 10.6 Å². The van der Waals surface area contributed by atoms with E-state index >= 15 is 0 Å². The SMILES string of the molecule is CC1CCCCC1C(=O)Nc1ccc2nc(-c3ccc(C(=O)NC4CC5CCC4CC5)cc3)[nH]c2c1. The maximum Gasteiger partial charge on any atom is 0.251 e. The first kappa shape index (κ1) is 23.3. The third kappa shape index (κ3) is 4.65. The predicted molar refractivity (Wildman–Crippen MR) is 143 cm³/mol. The third-order valence-corrected chi connectivity index (χ3v) is 8.98. The molecule has 6 nitrogen and oxygen atoms in total. The van der Waals surface area contributed by atoms with E-state index < -0.39 is 0 Å². The van der Waals surface area contributed by atoms with Crippen LogP contribution in [0.25, 0.3) is 22.4 Å². The number of hydrogen-bond donors (Lipinski definition) is 3. The van der Waals surface area contributed by atoms with Gasteiger partial charge in [0, 0.05) is 28.8 Å². The van der Waals surface area contributed by atoms with Crippen LogP contribution in [0.5, 0.6) is 0 Å². The van der Waals surface area contributed by atoms with Gasteiger partial charge in [-0.3, -0.25) is 9.59 Å². The summed E-state index contributed by atoms with van der Waals surface area (Å²) in [5, 5.41) is 6.41. The molecule has 4 saturated carbocycles. The van der Waals surface area contributed by atoms with Crippen LogP contribution in [0.1, 0.15) is 75.1 Å². The van der Waals surface area contributed by atoms with Gasteiger partial charge in [0.05, 0.1) is 11.0 Å².